The Kier molecular flexibility index (Phi) is 5.13. The van der Waals surface area contributed by atoms with E-state index in [1.54, 1.807) is 14.0 Å². The number of nitrogens with zero attached hydrogens (tertiary/aromatic N) is 1. The zero-order chi connectivity index (χ0) is 14.6. The lowest BCUT2D eigenvalue weighted by Gasteiger charge is -2.13. The fraction of sp³-hybridized carbons (Fsp3) is 0.455. The molecule has 0 saturated carbocycles. The summed E-state index contributed by atoms with van der Waals surface area (Å²) in [5, 5.41) is 5.57. The van der Waals surface area contributed by atoms with Gasteiger partial charge in [0, 0.05) is 24.9 Å². The van der Waals surface area contributed by atoms with Crippen LogP contribution < -0.4 is 10.6 Å². The number of amides is 1. The molecule has 0 aromatic carbocycles. The van der Waals surface area contributed by atoms with E-state index in [1.807, 2.05) is 0 Å². The van der Waals surface area contributed by atoms with Gasteiger partial charge in [-0.25, -0.2) is 13.4 Å². The highest BCUT2D eigenvalue weighted by molar-refractivity contribution is 7.90. The van der Waals surface area contributed by atoms with Crippen LogP contribution in [0.25, 0.3) is 0 Å². The molecule has 1 aromatic rings. The topological polar surface area (TPSA) is 88.2 Å². The first-order valence-corrected chi connectivity index (χ1v) is 7.99. The summed E-state index contributed by atoms with van der Waals surface area (Å²) in [6.45, 7) is 1.63. The highest BCUT2D eigenvalue weighted by Crippen LogP contribution is 2.14. The minimum Gasteiger partial charge on any atom is -0.373 e. The van der Waals surface area contributed by atoms with Crippen LogP contribution in [-0.4, -0.2) is 44.4 Å². The summed E-state index contributed by atoms with van der Waals surface area (Å²) < 4.78 is 22.2. The maximum absolute atomic E-state index is 11.9. The minimum atomic E-state index is -3.14. The average molecular weight is 306 g/mol. The lowest BCUT2D eigenvalue weighted by atomic mass is 10.2. The quantitative estimate of drug-likeness (QED) is 0.790. The van der Waals surface area contributed by atoms with E-state index in [9.17, 15) is 13.2 Å². The Balaban J connectivity index is 2.81. The molecule has 1 amide bonds. The molecule has 0 saturated heterocycles. The van der Waals surface area contributed by atoms with Crippen LogP contribution in [0.2, 0.25) is 5.15 Å². The number of halogens is 1. The molecule has 0 fully saturated rings. The van der Waals surface area contributed by atoms with Crippen molar-refractivity contribution in [1.29, 1.82) is 0 Å². The second kappa shape index (κ2) is 6.21. The second-order valence-corrected chi connectivity index (χ2v) is 6.85. The molecule has 19 heavy (non-hydrogen) atoms. The Morgan fingerprint density at radius 3 is 2.63 bits per heavy atom. The fourth-order valence-corrected chi connectivity index (χ4v) is 2.76. The number of sulfone groups is 1. The van der Waals surface area contributed by atoms with Crippen LogP contribution in [0.1, 0.15) is 17.3 Å². The Labute approximate surface area is 117 Å². The second-order valence-electron chi connectivity index (χ2n) is 4.28. The molecule has 106 valence electrons. The van der Waals surface area contributed by atoms with Crippen LogP contribution in [-0.2, 0) is 9.84 Å². The van der Waals surface area contributed by atoms with Crippen molar-refractivity contribution >= 4 is 33.2 Å². The molecule has 6 nitrogen and oxygen atoms in total. The van der Waals surface area contributed by atoms with E-state index in [0.717, 1.165) is 6.26 Å². The highest BCUT2D eigenvalue weighted by Gasteiger charge is 2.15. The van der Waals surface area contributed by atoms with Gasteiger partial charge in [0.1, 0.15) is 20.8 Å². The Morgan fingerprint density at radius 2 is 2.11 bits per heavy atom. The number of nitrogens with one attached hydrogen (secondary N) is 2. The van der Waals surface area contributed by atoms with Crippen LogP contribution in [0.3, 0.4) is 0 Å². The molecule has 8 heteroatoms. The zero-order valence-corrected chi connectivity index (χ0v) is 12.5. The first kappa shape index (κ1) is 15.7. The van der Waals surface area contributed by atoms with Gasteiger partial charge in [0.25, 0.3) is 5.91 Å². The number of pyridine rings is 1. The van der Waals surface area contributed by atoms with Gasteiger partial charge in [-0.3, -0.25) is 4.79 Å². The Morgan fingerprint density at radius 1 is 1.47 bits per heavy atom. The van der Waals surface area contributed by atoms with Gasteiger partial charge in [0.15, 0.2) is 0 Å². The molecule has 0 aliphatic rings. The lowest BCUT2D eigenvalue weighted by molar-refractivity contribution is 0.0943. The molecule has 0 radical (unpaired) electrons. The molecular formula is C11H16ClN3O3S. The standard InChI is InChI=1S/C11H16ClN3O3S/c1-7(6-19(3,17)18)14-11(16)8-4-9(12)15-10(5-8)13-2/h4-5,7H,6H2,1-3H3,(H,13,15)(H,14,16). The molecular weight excluding hydrogens is 290 g/mol. The van der Waals surface area contributed by atoms with E-state index < -0.39 is 21.8 Å². The summed E-state index contributed by atoms with van der Waals surface area (Å²) in [7, 11) is -1.48. The largest absolute Gasteiger partial charge is 0.373 e. The predicted molar refractivity (Wildman–Crippen MR) is 75.4 cm³/mol. The van der Waals surface area contributed by atoms with Crippen LogP contribution in [0, 0.1) is 0 Å². The third-order valence-electron chi connectivity index (χ3n) is 2.24. The van der Waals surface area contributed by atoms with Gasteiger partial charge in [-0.1, -0.05) is 11.6 Å². The molecule has 1 atom stereocenters. The van der Waals surface area contributed by atoms with Crippen LogP contribution in [0.15, 0.2) is 12.1 Å². The molecule has 0 spiro atoms. The molecule has 0 aliphatic heterocycles. The van der Waals surface area contributed by atoms with Gasteiger partial charge < -0.3 is 10.6 Å². The molecule has 2 N–H and O–H groups in total. The number of carbonyl (C=O) groups is 1. The smallest absolute Gasteiger partial charge is 0.251 e. The highest BCUT2D eigenvalue weighted by atomic mass is 35.5. The molecule has 1 heterocycles. The van der Waals surface area contributed by atoms with Gasteiger partial charge in [0.05, 0.1) is 5.75 Å². The maximum Gasteiger partial charge on any atom is 0.251 e. The fourth-order valence-electron chi connectivity index (χ4n) is 1.56. The third kappa shape index (κ3) is 5.44. The summed E-state index contributed by atoms with van der Waals surface area (Å²) in [6.07, 6.45) is 1.12. The van der Waals surface area contributed by atoms with Crippen molar-refractivity contribution in [1.82, 2.24) is 10.3 Å². The van der Waals surface area contributed by atoms with Crippen molar-refractivity contribution in [2.45, 2.75) is 13.0 Å². The molecule has 0 bridgehead atoms. The Bertz CT molecular complexity index is 575. The predicted octanol–water partition coefficient (Wildman–Crippen LogP) is 0.940. The summed E-state index contributed by atoms with van der Waals surface area (Å²) in [5.41, 5.74) is 0.324. The number of aromatic nitrogens is 1. The minimum absolute atomic E-state index is 0.115. The molecule has 1 aromatic heterocycles. The SMILES string of the molecule is CNc1cc(C(=O)NC(C)CS(C)(=O)=O)cc(Cl)n1. The van der Waals surface area contributed by atoms with E-state index in [0.29, 0.717) is 11.4 Å². The van der Waals surface area contributed by atoms with E-state index in [2.05, 4.69) is 15.6 Å². The van der Waals surface area contributed by atoms with Crippen LogP contribution in [0.5, 0.6) is 0 Å². The van der Waals surface area contributed by atoms with E-state index >= 15 is 0 Å². The van der Waals surface area contributed by atoms with Crippen molar-refractivity contribution in [3.63, 3.8) is 0 Å². The lowest BCUT2D eigenvalue weighted by Crippen LogP contribution is -2.37. The van der Waals surface area contributed by atoms with E-state index in [-0.39, 0.29) is 10.9 Å². The summed E-state index contributed by atoms with van der Waals surface area (Å²) in [5.74, 6) is -0.0402. The number of anilines is 1. The first-order valence-electron chi connectivity index (χ1n) is 5.55. The van der Waals surface area contributed by atoms with Crippen LogP contribution >= 0.6 is 11.6 Å². The van der Waals surface area contributed by atoms with Crippen LogP contribution in [0.4, 0.5) is 5.82 Å². The monoisotopic (exact) mass is 305 g/mol. The van der Waals surface area contributed by atoms with E-state index in [4.69, 9.17) is 11.6 Å². The maximum atomic E-state index is 11.9. The van der Waals surface area contributed by atoms with Gasteiger partial charge in [-0.2, -0.15) is 0 Å². The van der Waals surface area contributed by atoms with Crippen molar-refractivity contribution in [2.75, 3.05) is 24.4 Å². The molecule has 0 aliphatic carbocycles. The first-order chi connectivity index (χ1) is 8.71. The number of hydrogen-bond donors (Lipinski definition) is 2. The summed E-state index contributed by atoms with van der Waals surface area (Å²) >= 11 is 5.79. The van der Waals surface area contributed by atoms with Gasteiger partial charge >= 0.3 is 0 Å². The summed E-state index contributed by atoms with van der Waals surface area (Å²) in [6, 6.07) is 2.48. The van der Waals surface area contributed by atoms with Crippen molar-refractivity contribution < 1.29 is 13.2 Å². The molecule has 1 rings (SSSR count). The number of hydrogen-bond acceptors (Lipinski definition) is 5. The van der Waals surface area contributed by atoms with Crippen molar-refractivity contribution in [2.24, 2.45) is 0 Å². The van der Waals surface area contributed by atoms with Gasteiger partial charge in [0.2, 0.25) is 0 Å². The normalized spacial score (nSPS) is 12.8. The van der Waals surface area contributed by atoms with E-state index in [1.165, 1.54) is 12.1 Å². The Hall–Kier alpha value is -1.34. The van der Waals surface area contributed by atoms with Gasteiger partial charge in [-0.15, -0.1) is 0 Å². The van der Waals surface area contributed by atoms with Gasteiger partial charge in [-0.05, 0) is 19.1 Å². The number of rotatable bonds is 5. The average Bonchev–Trinajstić information content (AvgIpc) is 2.25. The third-order valence-corrected chi connectivity index (χ3v) is 3.54. The van der Waals surface area contributed by atoms with Crippen molar-refractivity contribution in [3.8, 4) is 0 Å². The van der Waals surface area contributed by atoms with Crippen molar-refractivity contribution in [3.05, 3.63) is 22.8 Å². The zero-order valence-electron chi connectivity index (χ0n) is 10.9. The number of carbonyl (C=O) groups excluding carboxylic acids is 1. The summed E-state index contributed by atoms with van der Waals surface area (Å²) in [4.78, 5) is 15.9. The molecule has 1 unspecified atom stereocenters.